The molecule has 28 heavy (non-hydrogen) atoms. The van der Waals surface area contributed by atoms with Crippen LogP contribution in [0.2, 0.25) is 0 Å². The third kappa shape index (κ3) is 4.97. The van der Waals surface area contributed by atoms with Crippen molar-refractivity contribution in [2.45, 2.75) is 45.7 Å². The van der Waals surface area contributed by atoms with E-state index >= 15 is 0 Å². The number of benzene rings is 1. The summed E-state index contributed by atoms with van der Waals surface area (Å²) in [5.74, 6) is 2.85. The summed E-state index contributed by atoms with van der Waals surface area (Å²) in [5.41, 5.74) is 2.10. The summed E-state index contributed by atoms with van der Waals surface area (Å²) >= 11 is 0. The number of anilines is 1. The monoisotopic (exact) mass is 385 g/mol. The van der Waals surface area contributed by atoms with Crippen LogP contribution in [0.4, 0.5) is 5.69 Å². The highest BCUT2D eigenvalue weighted by molar-refractivity contribution is 5.80. The van der Waals surface area contributed by atoms with Gasteiger partial charge in [0.25, 0.3) is 0 Å². The zero-order chi connectivity index (χ0) is 19.9. The molecular formula is C21H31N5O2. The normalized spacial score (nSPS) is 17.2. The van der Waals surface area contributed by atoms with Crippen molar-refractivity contribution in [2.24, 2.45) is 4.99 Å². The molecule has 1 aliphatic heterocycles. The highest BCUT2D eigenvalue weighted by Crippen LogP contribution is 2.30. The van der Waals surface area contributed by atoms with E-state index in [4.69, 9.17) is 9.26 Å². The van der Waals surface area contributed by atoms with Crippen LogP contribution in [0.3, 0.4) is 0 Å². The van der Waals surface area contributed by atoms with Gasteiger partial charge in [0, 0.05) is 31.7 Å². The van der Waals surface area contributed by atoms with E-state index in [1.54, 1.807) is 7.11 Å². The number of methoxy groups -OCH3 is 1. The second-order valence-corrected chi connectivity index (χ2v) is 7.32. The highest BCUT2D eigenvalue weighted by Gasteiger charge is 2.25. The summed E-state index contributed by atoms with van der Waals surface area (Å²) < 4.78 is 10.9. The van der Waals surface area contributed by atoms with Crippen molar-refractivity contribution in [3.05, 3.63) is 41.8 Å². The number of hydrogen-bond donors (Lipinski definition) is 2. The van der Waals surface area contributed by atoms with Gasteiger partial charge in [-0.1, -0.05) is 31.1 Å². The van der Waals surface area contributed by atoms with Gasteiger partial charge in [-0.2, -0.15) is 0 Å². The van der Waals surface area contributed by atoms with Crippen molar-refractivity contribution in [2.75, 3.05) is 31.6 Å². The number of ether oxygens (including phenoxy) is 1. The van der Waals surface area contributed by atoms with Gasteiger partial charge in [-0.15, -0.1) is 0 Å². The molecule has 0 saturated carbocycles. The molecule has 1 unspecified atom stereocenters. The molecule has 2 aromatic rings. The fourth-order valence-electron chi connectivity index (χ4n) is 3.33. The minimum Gasteiger partial charge on any atom is -0.495 e. The molecule has 1 fully saturated rings. The van der Waals surface area contributed by atoms with E-state index < -0.39 is 0 Å². The van der Waals surface area contributed by atoms with Crippen LogP contribution in [0, 0.1) is 0 Å². The minimum atomic E-state index is 0.323. The molecule has 2 N–H and O–H groups in total. The van der Waals surface area contributed by atoms with Gasteiger partial charge < -0.3 is 24.8 Å². The quantitative estimate of drug-likeness (QED) is 0.563. The first-order valence-electron chi connectivity index (χ1n) is 9.99. The van der Waals surface area contributed by atoms with E-state index in [0.717, 1.165) is 54.9 Å². The molecule has 1 aromatic carbocycles. The fourth-order valence-corrected chi connectivity index (χ4v) is 3.33. The zero-order valence-corrected chi connectivity index (χ0v) is 17.2. The predicted molar refractivity (Wildman–Crippen MR) is 112 cm³/mol. The van der Waals surface area contributed by atoms with E-state index in [2.05, 4.69) is 52.5 Å². The third-order valence-corrected chi connectivity index (χ3v) is 4.86. The van der Waals surface area contributed by atoms with Crippen molar-refractivity contribution < 1.29 is 9.26 Å². The lowest BCUT2D eigenvalue weighted by atomic mass is 10.1. The molecule has 1 aromatic heterocycles. The maximum atomic E-state index is 5.50. The first kappa shape index (κ1) is 20.0. The number of para-hydroxylation sites is 2. The molecule has 7 nitrogen and oxygen atoms in total. The molecule has 1 saturated heterocycles. The molecule has 152 valence electrons. The highest BCUT2D eigenvalue weighted by atomic mass is 16.5. The Kier molecular flexibility index (Phi) is 6.79. The summed E-state index contributed by atoms with van der Waals surface area (Å²) in [6.45, 7) is 9.44. The molecule has 7 heteroatoms. The van der Waals surface area contributed by atoms with E-state index in [1.807, 2.05) is 24.3 Å². The summed E-state index contributed by atoms with van der Waals surface area (Å²) in [7, 11) is 1.72. The molecule has 2 heterocycles. The lowest BCUT2D eigenvalue weighted by Crippen LogP contribution is -2.44. The van der Waals surface area contributed by atoms with Crippen LogP contribution >= 0.6 is 0 Å². The van der Waals surface area contributed by atoms with Gasteiger partial charge in [-0.25, -0.2) is 4.99 Å². The maximum absolute atomic E-state index is 5.50. The van der Waals surface area contributed by atoms with Crippen molar-refractivity contribution in [1.82, 2.24) is 15.8 Å². The van der Waals surface area contributed by atoms with Crippen LogP contribution in [0.1, 0.15) is 44.6 Å². The molecule has 0 radical (unpaired) electrons. The Labute approximate surface area is 167 Å². The Morgan fingerprint density at radius 3 is 2.93 bits per heavy atom. The molecule has 1 aliphatic rings. The topological polar surface area (TPSA) is 74.9 Å². The Balaban J connectivity index is 1.61. The van der Waals surface area contributed by atoms with E-state index in [9.17, 15) is 0 Å². The Hall–Kier alpha value is -2.70. The average molecular weight is 386 g/mol. The summed E-state index contributed by atoms with van der Waals surface area (Å²) in [5, 5.41) is 11.0. The van der Waals surface area contributed by atoms with Crippen LogP contribution in [0.25, 0.3) is 0 Å². The first-order valence-corrected chi connectivity index (χ1v) is 9.99. The zero-order valence-electron chi connectivity index (χ0n) is 17.2. The predicted octanol–water partition coefficient (Wildman–Crippen LogP) is 3.14. The van der Waals surface area contributed by atoms with Gasteiger partial charge in [0.05, 0.1) is 18.5 Å². The first-order chi connectivity index (χ1) is 13.6. The maximum Gasteiger partial charge on any atom is 0.191 e. The van der Waals surface area contributed by atoms with E-state index in [-0.39, 0.29) is 0 Å². The summed E-state index contributed by atoms with van der Waals surface area (Å²) in [6.07, 6.45) is 1.04. The number of nitrogens with zero attached hydrogens (tertiary/aromatic N) is 3. The second-order valence-electron chi connectivity index (χ2n) is 7.32. The van der Waals surface area contributed by atoms with Gasteiger partial charge in [0.15, 0.2) is 11.7 Å². The third-order valence-electron chi connectivity index (χ3n) is 4.86. The molecule has 3 rings (SSSR count). The second kappa shape index (κ2) is 9.48. The lowest BCUT2D eigenvalue weighted by molar-refractivity contribution is 0.376. The molecule has 0 bridgehead atoms. The van der Waals surface area contributed by atoms with Crippen LogP contribution in [-0.4, -0.2) is 43.9 Å². The number of nitrogens with one attached hydrogen (secondary N) is 2. The van der Waals surface area contributed by atoms with E-state index in [0.29, 0.717) is 18.5 Å². The van der Waals surface area contributed by atoms with Gasteiger partial charge in [-0.3, -0.25) is 0 Å². The van der Waals surface area contributed by atoms with Gasteiger partial charge in [-0.05, 0) is 31.4 Å². The van der Waals surface area contributed by atoms with Crippen LogP contribution < -0.4 is 20.3 Å². The molecule has 0 amide bonds. The van der Waals surface area contributed by atoms with Crippen molar-refractivity contribution in [3.63, 3.8) is 0 Å². The summed E-state index contributed by atoms with van der Waals surface area (Å²) in [6, 6.07) is 10.5. The van der Waals surface area contributed by atoms with Crippen molar-refractivity contribution in [3.8, 4) is 5.75 Å². The number of hydrogen-bond acceptors (Lipinski definition) is 5. The minimum absolute atomic E-state index is 0.323. The van der Waals surface area contributed by atoms with Crippen LogP contribution in [0.15, 0.2) is 39.8 Å². The van der Waals surface area contributed by atoms with Crippen molar-refractivity contribution >= 4 is 11.6 Å². The number of aromatic nitrogens is 1. The number of guanidine groups is 1. The van der Waals surface area contributed by atoms with Gasteiger partial charge in [0.2, 0.25) is 0 Å². The molecular weight excluding hydrogens is 354 g/mol. The van der Waals surface area contributed by atoms with E-state index in [1.165, 1.54) is 0 Å². The average Bonchev–Trinajstić information content (AvgIpc) is 3.36. The van der Waals surface area contributed by atoms with Crippen LogP contribution in [0.5, 0.6) is 5.75 Å². The largest absolute Gasteiger partial charge is 0.495 e. The van der Waals surface area contributed by atoms with Gasteiger partial charge in [0.1, 0.15) is 12.3 Å². The Morgan fingerprint density at radius 2 is 2.21 bits per heavy atom. The molecule has 0 spiro atoms. The summed E-state index contributed by atoms with van der Waals surface area (Å²) in [4.78, 5) is 7.02. The number of aliphatic imine (C=N–C) groups is 1. The SMILES string of the molecule is CCNC(=NCc1cc(C(C)C)no1)NC1CCN(c2ccccc2OC)C1. The fraction of sp³-hybridized carbons (Fsp3) is 0.524. The lowest BCUT2D eigenvalue weighted by Gasteiger charge is -2.22. The number of rotatable bonds is 7. The standard InChI is InChI=1S/C21H31N5O2/c1-5-22-21(23-13-17-12-18(15(2)3)25-28-17)24-16-10-11-26(14-16)19-8-6-7-9-20(19)27-4/h6-9,12,15-16H,5,10-11,13-14H2,1-4H3,(H2,22,23,24). The Morgan fingerprint density at radius 1 is 1.39 bits per heavy atom. The molecule has 0 aliphatic carbocycles. The molecule has 1 atom stereocenters. The van der Waals surface area contributed by atoms with Gasteiger partial charge >= 0.3 is 0 Å². The van der Waals surface area contributed by atoms with Crippen molar-refractivity contribution in [1.29, 1.82) is 0 Å². The Bertz CT molecular complexity index is 787. The van der Waals surface area contributed by atoms with Crippen LogP contribution in [-0.2, 0) is 6.54 Å². The smallest absolute Gasteiger partial charge is 0.191 e.